The highest BCUT2D eigenvalue weighted by Gasteiger charge is 2.63. The van der Waals surface area contributed by atoms with Crippen molar-refractivity contribution in [3.63, 3.8) is 0 Å². The first-order valence-corrected chi connectivity index (χ1v) is 12.0. The Morgan fingerprint density at radius 3 is 1.89 bits per heavy atom. The quantitative estimate of drug-likeness (QED) is 0.583. The van der Waals surface area contributed by atoms with Gasteiger partial charge in [0.2, 0.25) is 0 Å². The van der Waals surface area contributed by atoms with Crippen LogP contribution in [0.25, 0.3) is 0 Å². The molecular formula is C25H48N2+2. The minimum absolute atomic E-state index is 0.599. The van der Waals surface area contributed by atoms with E-state index in [9.17, 15) is 0 Å². The van der Waals surface area contributed by atoms with E-state index in [1.807, 2.05) is 0 Å². The van der Waals surface area contributed by atoms with Gasteiger partial charge in [-0.05, 0) is 74.0 Å². The van der Waals surface area contributed by atoms with Crippen LogP contribution < -0.4 is 0 Å². The average molecular weight is 377 g/mol. The molecule has 4 fully saturated rings. The van der Waals surface area contributed by atoms with Crippen LogP contribution >= 0.6 is 0 Å². The third-order valence-corrected chi connectivity index (χ3v) is 10.6. The third-order valence-electron chi connectivity index (χ3n) is 10.6. The second-order valence-corrected chi connectivity index (χ2v) is 13.5. The lowest BCUT2D eigenvalue weighted by atomic mass is 9.44. The van der Waals surface area contributed by atoms with Gasteiger partial charge < -0.3 is 8.97 Å². The number of hydrogen-bond acceptors (Lipinski definition) is 0. The lowest BCUT2D eigenvalue weighted by Gasteiger charge is -2.61. The maximum Gasteiger partial charge on any atom is 0.0941 e. The molecule has 0 aromatic rings. The first kappa shape index (κ1) is 20.2. The van der Waals surface area contributed by atoms with Gasteiger partial charge in [-0.1, -0.05) is 13.8 Å². The van der Waals surface area contributed by atoms with Crippen LogP contribution in [0.15, 0.2) is 0 Å². The topological polar surface area (TPSA) is 0 Å². The van der Waals surface area contributed by atoms with Crippen molar-refractivity contribution in [2.24, 2.45) is 34.5 Å². The zero-order valence-corrected chi connectivity index (χ0v) is 19.7. The van der Waals surface area contributed by atoms with Crippen LogP contribution in [0.1, 0.15) is 71.6 Å². The van der Waals surface area contributed by atoms with E-state index in [1.165, 1.54) is 60.3 Å². The second kappa shape index (κ2) is 6.21. The van der Waals surface area contributed by atoms with Gasteiger partial charge in [0.15, 0.2) is 0 Å². The van der Waals surface area contributed by atoms with Crippen LogP contribution in [0.2, 0.25) is 0 Å². The molecule has 0 aliphatic heterocycles. The normalized spacial score (nSPS) is 50.7. The summed E-state index contributed by atoms with van der Waals surface area (Å²) in [5.41, 5.74) is 1.24. The molecule has 8 atom stereocenters. The minimum atomic E-state index is 0.599. The van der Waals surface area contributed by atoms with E-state index in [-0.39, 0.29) is 0 Å². The molecule has 0 spiro atoms. The van der Waals surface area contributed by atoms with E-state index in [4.69, 9.17) is 0 Å². The van der Waals surface area contributed by atoms with Crippen molar-refractivity contribution < 1.29 is 8.97 Å². The highest BCUT2D eigenvalue weighted by atomic mass is 15.3. The van der Waals surface area contributed by atoms with Gasteiger partial charge in [-0.2, -0.15) is 0 Å². The van der Waals surface area contributed by atoms with Gasteiger partial charge in [0.1, 0.15) is 0 Å². The molecule has 8 unspecified atom stereocenters. The van der Waals surface area contributed by atoms with Gasteiger partial charge in [-0.3, -0.25) is 0 Å². The van der Waals surface area contributed by atoms with Crippen LogP contribution in [0.4, 0.5) is 0 Å². The Morgan fingerprint density at radius 1 is 0.630 bits per heavy atom. The van der Waals surface area contributed by atoms with Crippen LogP contribution in [-0.4, -0.2) is 63.3 Å². The molecule has 0 bridgehead atoms. The highest BCUT2D eigenvalue weighted by molar-refractivity contribution is 5.09. The van der Waals surface area contributed by atoms with Crippen molar-refractivity contribution >= 4 is 0 Å². The first-order chi connectivity index (χ1) is 12.4. The van der Waals surface area contributed by atoms with Crippen LogP contribution in [0.5, 0.6) is 0 Å². The molecule has 0 amide bonds. The first-order valence-electron chi connectivity index (χ1n) is 12.0. The van der Waals surface area contributed by atoms with Gasteiger partial charge in [0.05, 0.1) is 54.4 Å². The molecule has 0 N–H and O–H groups in total. The molecule has 2 heteroatoms. The Morgan fingerprint density at radius 2 is 1.26 bits per heavy atom. The molecule has 2 nitrogen and oxygen atoms in total. The van der Waals surface area contributed by atoms with Crippen molar-refractivity contribution in [2.75, 3.05) is 42.3 Å². The number of fused-ring (bicyclic) bond motifs is 5. The Labute approximate surface area is 169 Å². The van der Waals surface area contributed by atoms with E-state index in [2.05, 4.69) is 56.1 Å². The second-order valence-electron chi connectivity index (χ2n) is 13.5. The maximum atomic E-state index is 2.73. The summed E-state index contributed by atoms with van der Waals surface area (Å²) in [6.07, 6.45) is 13.5. The zero-order chi connectivity index (χ0) is 19.8. The van der Waals surface area contributed by atoms with E-state index in [0.717, 1.165) is 35.8 Å². The molecule has 4 aliphatic carbocycles. The summed E-state index contributed by atoms with van der Waals surface area (Å²) in [4.78, 5) is 0. The van der Waals surface area contributed by atoms with Crippen molar-refractivity contribution in [3.8, 4) is 0 Å². The lowest BCUT2D eigenvalue weighted by molar-refractivity contribution is -0.903. The standard InChI is InChI=1S/C25H48N2/c1-24-15-13-19(26(3,4)5)17-18(24)9-10-20-21-11-12-23(27(6,7)8)25(21,2)16-14-22(20)24/h18-23H,9-17H2,1-8H3/q+2. The highest BCUT2D eigenvalue weighted by Crippen LogP contribution is 2.67. The Kier molecular flexibility index (Phi) is 4.65. The fraction of sp³-hybridized carbons (Fsp3) is 1.00. The summed E-state index contributed by atoms with van der Waals surface area (Å²) in [6.45, 7) is 5.42. The summed E-state index contributed by atoms with van der Waals surface area (Å²) < 4.78 is 2.35. The molecule has 4 rings (SSSR count). The predicted molar refractivity (Wildman–Crippen MR) is 115 cm³/mol. The van der Waals surface area contributed by atoms with Crippen molar-refractivity contribution in [1.29, 1.82) is 0 Å². The Bertz CT molecular complexity index is 570. The summed E-state index contributed by atoms with van der Waals surface area (Å²) in [5.74, 6) is 4.05. The lowest BCUT2D eigenvalue weighted by Crippen LogP contribution is -2.59. The Hall–Kier alpha value is -0.0800. The molecule has 0 heterocycles. The van der Waals surface area contributed by atoms with Gasteiger partial charge in [-0.15, -0.1) is 0 Å². The van der Waals surface area contributed by atoms with Crippen molar-refractivity contribution in [2.45, 2.75) is 83.7 Å². The largest absolute Gasteiger partial charge is 0.328 e. The number of rotatable bonds is 2. The molecule has 0 aromatic carbocycles. The predicted octanol–water partition coefficient (Wildman–Crippen LogP) is 5.18. The average Bonchev–Trinajstić information content (AvgIpc) is 2.90. The summed E-state index contributed by atoms with van der Waals surface area (Å²) in [7, 11) is 14.6. The fourth-order valence-electron chi connectivity index (χ4n) is 9.18. The van der Waals surface area contributed by atoms with Crippen LogP contribution in [0.3, 0.4) is 0 Å². The van der Waals surface area contributed by atoms with Gasteiger partial charge in [-0.25, -0.2) is 0 Å². The Balaban J connectivity index is 1.56. The minimum Gasteiger partial charge on any atom is -0.328 e. The number of nitrogens with zero attached hydrogens (tertiary/aromatic N) is 2. The van der Waals surface area contributed by atoms with Gasteiger partial charge >= 0.3 is 0 Å². The molecule has 4 saturated carbocycles. The summed E-state index contributed by atoms with van der Waals surface area (Å²) >= 11 is 0. The van der Waals surface area contributed by atoms with Crippen molar-refractivity contribution in [1.82, 2.24) is 0 Å². The number of hydrogen-bond donors (Lipinski definition) is 0. The summed E-state index contributed by atoms with van der Waals surface area (Å²) in [6, 6.07) is 1.77. The molecule has 4 aliphatic rings. The summed E-state index contributed by atoms with van der Waals surface area (Å²) in [5, 5.41) is 0. The van der Waals surface area contributed by atoms with Crippen molar-refractivity contribution in [3.05, 3.63) is 0 Å². The smallest absolute Gasteiger partial charge is 0.0941 e. The maximum absolute atomic E-state index is 2.73. The monoisotopic (exact) mass is 376 g/mol. The van der Waals surface area contributed by atoms with E-state index in [0.29, 0.717) is 10.8 Å². The SMILES string of the molecule is CC12CCC([N+](C)(C)C)CC1CCC1C2CCC2(C)C1CCC2[N+](C)(C)C. The van der Waals surface area contributed by atoms with Gasteiger partial charge in [0.25, 0.3) is 0 Å². The van der Waals surface area contributed by atoms with E-state index < -0.39 is 0 Å². The zero-order valence-electron chi connectivity index (χ0n) is 19.7. The van der Waals surface area contributed by atoms with Crippen LogP contribution in [0, 0.1) is 34.5 Å². The fourth-order valence-corrected chi connectivity index (χ4v) is 9.18. The molecule has 27 heavy (non-hydrogen) atoms. The molecular weight excluding hydrogens is 328 g/mol. The molecule has 0 aromatic heterocycles. The van der Waals surface area contributed by atoms with Gasteiger partial charge in [0, 0.05) is 18.3 Å². The molecule has 0 radical (unpaired) electrons. The van der Waals surface area contributed by atoms with E-state index >= 15 is 0 Å². The third kappa shape index (κ3) is 3.03. The van der Waals surface area contributed by atoms with E-state index in [1.54, 1.807) is 6.42 Å². The molecule has 156 valence electrons. The molecule has 0 saturated heterocycles. The van der Waals surface area contributed by atoms with Crippen LogP contribution in [-0.2, 0) is 0 Å². The number of quaternary nitrogens is 2.